The molecular formula is C19H19N3O3S. The Bertz CT molecular complexity index is 894. The van der Waals surface area contributed by atoms with Crippen LogP contribution in [-0.2, 0) is 11.3 Å². The van der Waals surface area contributed by atoms with Gasteiger partial charge in [-0.25, -0.2) is 0 Å². The highest BCUT2D eigenvalue weighted by Gasteiger charge is 2.32. The van der Waals surface area contributed by atoms with Crippen LogP contribution in [0.1, 0.15) is 21.9 Å². The number of aromatic hydroxyl groups is 1. The first kappa shape index (κ1) is 16.9. The molecule has 1 aromatic heterocycles. The normalized spacial score (nSPS) is 20.3. The molecule has 3 N–H and O–H groups in total. The topological polar surface area (TPSA) is 91.7 Å². The Hall–Kier alpha value is -2.53. The van der Waals surface area contributed by atoms with Crippen molar-refractivity contribution in [1.82, 2.24) is 4.90 Å². The van der Waals surface area contributed by atoms with Gasteiger partial charge >= 0.3 is 0 Å². The van der Waals surface area contributed by atoms with Gasteiger partial charge < -0.3 is 20.3 Å². The van der Waals surface area contributed by atoms with Gasteiger partial charge in [-0.2, -0.15) is 5.26 Å². The average molecular weight is 369 g/mol. The molecule has 1 fully saturated rings. The maximum absolute atomic E-state index is 9.73. The van der Waals surface area contributed by atoms with Gasteiger partial charge in [0.1, 0.15) is 23.1 Å². The summed E-state index contributed by atoms with van der Waals surface area (Å²) in [6.07, 6.45) is 0. The molecule has 3 heterocycles. The van der Waals surface area contributed by atoms with Crippen molar-refractivity contribution in [3.63, 3.8) is 0 Å². The number of allylic oxidation sites excluding steroid dienone is 1. The van der Waals surface area contributed by atoms with Gasteiger partial charge in [0.15, 0.2) is 0 Å². The van der Waals surface area contributed by atoms with Crippen LogP contribution in [0.15, 0.2) is 41.1 Å². The molecule has 0 bridgehead atoms. The highest BCUT2D eigenvalue weighted by molar-refractivity contribution is 7.10. The van der Waals surface area contributed by atoms with Gasteiger partial charge in [0, 0.05) is 36.1 Å². The molecule has 0 spiro atoms. The maximum atomic E-state index is 9.73. The van der Waals surface area contributed by atoms with Gasteiger partial charge in [-0.1, -0.05) is 6.07 Å². The lowest BCUT2D eigenvalue weighted by Crippen LogP contribution is -2.35. The Morgan fingerprint density at radius 2 is 2.12 bits per heavy atom. The smallest absolute Gasteiger partial charge is 0.205 e. The lowest BCUT2D eigenvalue weighted by molar-refractivity contribution is 0.0342. The van der Waals surface area contributed by atoms with Crippen molar-refractivity contribution in [2.24, 2.45) is 5.73 Å². The summed E-state index contributed by atoms with van der Waals surface area (Å²) in [4.78, 5) is 3.41. The Balaban J connectivity index is 1.67. The fraction of sp³-hybridized carbons (Fsp3) is 0.316. The fourth-order valence-corrected chi connectivity index (χ4v) is 4.41. The maximum Gasteiger partial charge on any atom is 0.205 e. The summed E-state index contributed by atoms with van der Waals surface area (Å²) in [5.74, 6) is 0.427. The van der Waals surface area contributed by atoms with Crippen molar-refractivity contribution < 1.29 is 14.6 Å². The molecule has 26 heavy (non-hydrogen) atoms. The molecule has 0 radical (unpaired) electrons. The number of nitriles is 1. The fourth-order valence-electron chi connectivity index (χ4n) is 3.38. The molecular weight excluding hydrogens is 350 g/mol. The van der Waals surface area contributed by atoms with Crippen molar-refractivity contribution in [3.05, 3.63) is 57.1 Å². The standard InChI is InChI=1S/C19H19N3O3S/c20-9-15-18(14-2-1-13(23)8-16(14)25-19(15)21)17-7-12(11-26-17)10-22-3-5-24-6-4-22/h1-2,7-8,11,18,23H,3-6,10,21H2. The number of thiophene rings is 1. The van der Waals surface area contributed by atoms with E-state index in [0.717, 1.165) is 43.3 Å². The van der Waals surface area contributed by atoms with E-state index in [1.807, 2.05) is 0 Å². The number of morpholine rings is 1. The minimum absolute atomic E-state index is 0.0960. The van der Waals surface area contributed by atoms with Crippen LogP contribution < -0.4 is 10.5 Å². The summed E-state index contributed by atoms with van der Waals surface area (Å²) in [5.41, 5.74) is 8.44. The van der Waals surface area contributed by atoms with E-state index in [1.165, 1.54) is 11.6 Å². The molecule has 2 aliphatic rings. The first-order valence-corrected chi connectivity index (χ1v) is 9.31. The summed E-state index contributed by atoms with van der Waals surface area (Å²) in [7, 11) is 0. The summed E-state index contributed by atoms with van der Waals surface area (Å²) < 4.78 is 11.0. The second-order valence-electron chi connectivity index (χ2n) is 6.39. The average Bonchev–Trinajstić information content (AvgIpc) is 3.09. The molecule has 7 heteroatoms. The number of ether oxygens (including phenoxy) is 2. The summed E-state index contributed by atoms with van der Waals surface area (Å²) in [5, 5.41) is 21.5. The molecule has 1 atom stereocenters. The van der Waals surface area contributed by atoms with Gasteiger partial charge in [0.05, 0.1) is 19.1 Å². The van der Waals surface area contributed by atoms with Crippen LogP contribution in [-0.4, -0.2) is 36.3 Å². The number of nitrogens with zero attached hydrogens (tertiary/aromatic N) is 2. The number of rotatable bonds is 3. The van der Waals surface area contributed by atoms with Crippen molar-refractivity contribution >= 4 is 11.3 Å². The van der Waals surface area contributed by atoms with Crippen LogP contribution in [0, 0.1) is 11.3 Å². The zero-order chi connectivity index (χ0) is 18.1. The van der Waals surface area contributed by atoms with Gasteiger partial charge in [-0.15, -0.1) is 11.3 Å². The number of hydrogen-bond donors (Lipinski definition) is 2. The van der Waals surface area contributed by atoms with E-state index in [4.69, 9.17) is 15.2 Å². The van der Waals surface area contributed by atoms with E-state index in [1.54, 1.807) is 23.5 Å². The minimum atomic E-state index is -0.271. The molecule has 0 amide bonds. The summed E-state index contributed by atoms with van der Waals surface area (Å²) >= 11 is 1.62. The van der Waals surface area contributed by atoms with Crippen LogP contribution in [0.5, 0.6) is 11.5 Å². The van der Waals surface area contributed by atoms with Crippen LogP contribution >= 0.6 is 11.3 Å². The molecule has 6 nitrogen and oxygen atoms in total. The number of nitrogens with two attached hydrogens (primary N) is 1. The van der Waals surface area contributed by atoms with E-state index in [-0.39, 0.29) is 17.6 Å². The largest absolute Gasteiger partial charge is 0.508 e. The minimum Gasteiger partial charge on any atom is -0.508 e. The predicted molar refractivity (Wildman–Crippen MR) is 97.8 cm³/mol. The van der Waals surface area contributed by atoms with Crippen LogP contribution in [0.25, 0.3) is 0 Å². The van der Waals surface area contributed by atoms with E-state index < -0.39 is 0 Å². The SMILES string of the molecule is N#CC1=C(N)Oc2cc(O)ccc2C1c1cc(CN2CCOCC2)cs1. The Kier molecular flexibility index (Phi) is 4.55. The molecule has 0 saturated carbocycles. The van der Waals surface area contributed by atoms with E-state index >= 15 is 0 Å². The van der Waals surface area contributed by atoms with Crippen LogP contribution in [0.2, 0.25) is 0 Å². The Labute approximate surface area is 155 Å². The van der Waals surface area contributed by atoms with Gasteiger partial charge in [-0.05, 0) is 23.1 Å². The van der Waals surface area contributed by atoms with Gasteiger partial charge in [0.2, 0.25) is 5.88 Å². The molecule has 0 aliphatic carbocycles. The third-order valence-corrected chi connectivity index (χ3v) is 5.72. The second-order valence-corrected chi connectivity index (χ2v) is 7.34. The zero-order valence-electron chi connectivity index (χ0n) is 14.1. The molecule has 2 aromatic rings. The summed E-state index contributed by atoms with van der Waals surface area (Å²) in [6, 6.07) is 9.26. The van der Waals surface area contributed by atoms with Gasteiger partial charge in [-0.3, -0.25) is 4.90 Å². The first-order chi connectivity index (χ1) is 12.7. The highest BCUT2D eigenvalue weighted by atomic mass is 32.1. The van der Waals surface area contributed by atoms with Crippen molar-refractivity contribution in [1.29, 1.82) is 5.26 Å². The Morgan fingerprint density at radius 1 is 1.31 bits per heavy atom. The number of hydrogen-bond acceptors (Lipinski definition) is 7. The molecule has 2 aliphatic heterocycles. The van der Waals surface area contributed by atoms with E-state index in [0.29, 0.717) is 11.3 Å². The summed E-state index contributed by atoms with van der Waals surface area (Å²) in [6.45, 7) is 4.27. The quantitative estimate of drug-likeness (QED) is 0.864. The lowest BCUT2D eigenvalue weighted by atomic mass is 9.88. The third kappa shape index (κ3) is 3.15. The van der Waals surface area contributed by atoms with E-state index in [2.05, 4.69) is 22.4 Å². The molecule has 4 rings (SSSR count). The second kappa shape index (κ2) is 7.00. The van der Waals surface area contributed by atoms with Crippen LogP contribution in [0.3, 0.4) is 0 Å². The van der Waals surface area contributed by atoms with Gasteiger partial charge in [0.25, 0.3) is 0 Å². The van der Waals surface area contributed by atoms with E-state index in [9.17, 15) is 10.4 Å². The highest BCUT2D eigenvalue weighted by Crippen LogP contribution is 2.45. The monoisotopic (exact) mass is 369 g/mol. The van der Waals surface area contributed by atoms with Crippen molar-refractivity contribution in [3.8, 4) is 17.6 Å². The first-order valence-electron chi connectivity index (χ1n) is 8.43. The lowest BCUT2D eigenvalue weighted by Gasteiger charge is -2.26. The zero-order valence-corrected chi connectivity index (χ0v) is 15.0. The Morgan fingerprint density at radius 3 is 2.88 bits per heavy atom. The molecule has 1 saturated heterocycles. The van der Waals surface area contributed by atoms with Crippen molar-refractivity contribution in [2.75, 3.05) is 26.3 Å². The molecule has 1 unspecified atom stereocenters. The molecule has 1 aromatic carbocycles. The number of fused-ring (bicyclic) bond motifs is 1. The van der Waals surface area contributed by atoms with Crippen molar-refractivity contribution in [2.45, 2.75) is 12.5 Å². The number of phenols is 1. The van der Waals surface area contributed by atoms with Crippen LogP contribution in [0.4, 0.5) is 0 Å². The number of benzene rings is 1. The predicted octanol–water partition coefficient (Wildman–Crippen LogP) is 2.50. The number of phenolic OH excluding ortho intramolecular Hbond substituents is 1. The molecule has 134 valence electrons. The third-order valence-electron chi connectivity index (χ3n) is 4.67.